The molecule has 0 unspecified atom stereocenters. The van der Waals surface area contributed by atoms with Crippen molar-refractivity contribution in [2.75, 3.05) is 44.4 Å². The summed E-state index contributed by atoms with van der Waals surface area (Å²) in [5.74, 6) is -0.0107. The van der Waals surface area contributed by atoms with E-state index >= 15 is 0 Å². The molecule has 1 aromatic heterocycles. The molecule has 0 aliphatic carbocycles. The monoisotopic (exact) mass is 296 g/mol. The molecular weight excluding hydrogens is 272 g/mol. The number of nitrogens with zero attached hydrogens (tertiary/aromatic N) is 3. The summed E-state index contributed by atoms with van der Waals surface area (Å²) in [5, 5.41) is 11.9. The lowest BCUT2D eigenvalue weighted by Gasteiger charge is -2.26. The van der Waals surface area contributed by atoms with Gasteiger partial charge in [-0.05, 0) is 26.0 Å². The van der Waals surface area contributed by atoms with Crippen molar-refractivity contribution in [1.29, 1.82) is 0 Å². The summed E-state index contributed by atoms with van der Waals surface area (Å²) in [6.07, 6.45) is 1.61. The molecular formula is C14H24N4O3. The Morgan fingerprint density at radius 1 is 1.29 bits per heavy atom. The van der Waals surface area contributed by atoms with Gasteiger partial charge in [-0.15, -0.1) is 0 Å². The first-order valence-electron chi connectivity index (χ1n) is 7.07. The number of rotatable bonds is 10. The number of pyridine rings is 1. The third-order valence-corrected chi connectivity index (χ3v) is 2.90. The maximum absolute atomic E-state index is 8.88. The molecule has 7 heteroatoms. The van der Waals surface area contributed by atoms with Crippen molar-refractivity contribution in [2.45, 2.75) is 13.8 Å². The van der Waals surface area contributed by atoms with Gasteiger partial charge in [0.2, 0.25) is 0 Å². The Balaban J connectivity index is 2.89. The van der Waals surface area contributed by atoms with Gasteiger partial charge in [0.25, 0.3) is 0 Å². The van der Waals surface area contributed by atoms with Crippen LogP contribution in [0.15, 0.2) is 23.5 Å². The van der Waals surface area contributed by atoms with Gasteiger partial charge in [0.15, 0.2) is 5.84 Å². The summed E-state index contributed by atoms with van der Waals surface area (Å²) in [6.45, 7) is 7.78. The van der Waals surface area contributed by atoms with Gasteiger partial charge in [-0.2, -0.15) is 0 Å². The maximum atomic E-state index is 8.88. The topological polar surface area (TPSA) is 93.2 Å². The summed E-state index contributed by atoms with van der Waals surface area (Å²) >= 11 is 0. The van der Waals surface area contributed by atoms with Gasteiger partial charge in [0.05, 0.1) is 18.9 Å². The van der Waals surface area contributed by atoms with Crippen molar-refractivity contribution >= 4 is 11.5 Å². The summed E-state index contributed by atoms with van der Waals surface area (Å²) in [7, 11) is 0. The molecule has 1 heterocycles. The van der Waals surface area contributed by atoms with Crippen LogP contribution in [0.4, 0.5) is 5.69 Å². The molecule has 0 radical (unpaired) electrons. The van der Waals surface area contributed by atoms with Crippen LogP contribution in [-0.4, -0.2) is 55.5 Å². The lowest BCUT2D eigenvalue weighted by Crippen LogP contribution is -2.33. The lowest BCUT2D eigenvalue weighted by atomic mass is 10.2. The first-order valence-corrected chi connectivity index (χ1v) is 7.07. The van der Waals surface area contributed by atoms with E-state index < -0.39 is 0 Å². The third-order valence-electron chi connectivity index (χ3n) is 2.90. The van der Waals surface area contributed by atoms with Crippen LogP contribution in [0.3, 0.4) is 0 Å². The van der Waals surface area contributed by atoms with Gasteiger partial charge >= 0.3 is 0 Å². The van der Waals surface area contributed by atoms with Crippen LogP contribution >= 0.6 is 0 Å². The number of oxime groups is 1. The zero-order chi connectivity index (χ0) is 15.5. The Hall–Kier alpha value is -1.86. The van der Waals surface area contributed by atoms with Crippen LogP contribution in [0.25, 0.3) is 0 Å². The first-order chi connectivity index (χ1) is 10.2. The van der Waals surface area contributed by atoms with Crippen LogP contribution in [0.1, 0.15) is 19.5 Å². The van der Waals surface area contributed by atoms with E-state index in [0.717, 1.165) is 5.69 Å². The Morgan fingerprint density at radius 2 is 1.90 bits per heavy atom. The van der Waals surface area contributed by atoms with Gasteiger partial charge < -0.3 is 25.3 Å². The fourth-order valence-electron chi connectivity index (χ4n) is 1.89. The molecule has 0 fully saturated rings. The van der Waals surface area contributed by atoms with Crippen LogP contribution in [0.2, 0.25) is 0 Å². The third kappa shape index (κ3) is 5.57. The SMILES string of the molecule is CCOCCN(CCOCC)c1cccnc1/C(N)=N/O. The zero-order valence-corrected chi connectivity index (χ0v) is 12.7. The Bertz CT molecular complexity index is 430. The predicted octanol–water partition coefficient (Wildman–Crippen LogP) is 1.06. The van der Waals surface area contributed by atoms with Crippen molar-refractivity contribution in [1.82, 2.24) is 4.98 Å². The van der Waals surface area contributed by atoms with E-state index in [4.69, 9.17) is 20.4 Å². The number of amidine groups is 1. The van der Waals surface area contributed by atoms with Gasteiger partial charge in [-0.1, -0.05) is 5.16 Å². The van der Waals surface area contributed by atoms with Crippen molar-refractivity contribution in [3.63, 3.8) is 0 Å². The van der Waals surface area contributed by atoms with Crippen molar-refractivity contribution in [3.05, 3.63) is 24.0 Å². The number of ether oxygens (including phenoxy) is 2. The molecule has 0 amide bonds. The zero-order valence-electron chi connectivity index (χ0n) is 12.7. The Labute approximate surface area is 125 Å². The second-order valence-electron chi connectivity index (χ2n) is 4.24. The summed E-state index contributed by atoms with van der Waals surface area (Å²) in [4.78, 5) is 6.25. The highest BCUT2D eigenvalue weighted by Gasteiger charge is 2.15. The van der Waals surface area contributed by atoms with E-state index in [9.17, 15) is 0 Å². The Morgan fingerprint density at radius 3 is 2.43 bits per heavy atom. The van der Waals surface area contributed by atoms with E-state index in [0.29, 0.717) is 45.2 Å². The average Bonchev–Trinajstić information content (AvgIpc) is 2.53. The number of nitrogens with two attached hydrogens (primary N) is 1. The molecule has 0 aliphatic rings. The van der Waals surface area contributed by atoms with Crippen molar-refractivity contribution in [2.24, 2.45) is 10.9 Å². The quantitative estimate of drug-likeness (QED) is 0.220. The first kappa shape index (κ1) is 17.2. The molecule has 118 valence electrons. The second-order valence-corrected chi connectivity index (χ2v) is 4.24. The number of hydrogen-bond acceptors (Lipinski definition) is 6. The minimum absolute atomic E-state index is 0.0107. The lowest BCUT2D eigenvalue weighted by molar-refractivity contribution is 0.141. The van der Waals surface area contributed by atoms with Crippen molar-refractivity contribution < 1.29 is 14.7 Å². The van der Waals surface area contributed by atoms with Crippen LogP contribution in [-0.2, 0) is 9.47 Å². The van der Waals surface area contributed by atoms with E-state index in [1.807, 2.05) is 26.0 Å². The van der Waals surface area contributed by atoms with Crippen LogP contribution in [0, 0.1) is 0 Å². The predicted molar refractivity (Wildman–Crippen MR) is 81.9 cm³/mol. The molecule has 7 nitrogen and oxygen atoms in total. The fraction of sp³-hybridized carbons (Fsp3) is 0.571. The Kier molecular flexibility index (Phi) is 8.15. The molecule has 0 aromatic carbocycles. The second kappa shape index (κ2) is 9.95. The summed E-state index contributed by atoms with van der Waals surface area (Å²) in [6, 6.07) is 3.70. The van der Waals surface area contributed by atoms with Gasteiger partial charge in [-0.25, -0.2) is 0 Å². The summed E-state index contributed by atoms with van der Waals surface area (Å²) in [5.41, 5.74) is 6.94. The largest absolute Gasteiger partial charge is 0.409 e. The van der Waals surface area contributed by atoms with Gasteiger partial charge in [-0.3, -0.25) is 4.98 Å². The molecule has 1 aromatic rings. The minimum atomic E-state index is -0.0107. The highest BCUT2D eigenvalue weighted by Crippen LogP contribution is 2.18. The molecule has 0 bridgehead atoms. The van der Waals surface area contributed by atoms with Crippen LogP contribution in [0.5, 0.6) is 0 Å². The highest BCUT2D eigenvalue weighted by molar-refractivity contribution is 6.00. The fourth-order valence-corrected chi connectivity index (χ4v) is 1.89. The van der Waals surface area contributed by atoms with Crippen molar-refractivity contribution in [3.8, 4) is 0 Å². The van der Waals surface area contributed by atoms with Gasteiger partial charge in [0.1, 0.15) is 5.69 Å². The summed E-state index contributed by atoms with van der Waals surface area (Å²) < 4.78 is 10.8. The van der Waals surface area contributed by atoms with E-state index in [1.54, 1.807) is 6.20 Å². The van der Waals surface area contributed by atoms with Crippen LogP contribution < -0.4 is 10.6 Å². The number of hydrogen-bond donors (Lipinski definition) is 2. The van der Waals surface area contributed by atoms with E-state index in [2.05, 4.69) is 15.0 Å². The highest BCUT2D eigenvalue weighted by atomic mass is 16.5. The standard InChI is InChI=1S/C14H24N4O3/c1-3-20-10-8-18(9-11-21-4-2)12-6-5-7-16-13(12)14(15)17-19/h5-7,19H,3-4,8-11H2,1-2H3,(H2,15,17). The molecule has 0 saturated heterocycles. The van der Waals surface area contributed by atoms with E-state index in [1.165, 1.54) is 0 Å². The molecule has 0 spiro atoms. The maximum Gasteiger partial charge on any atom is 0.190 e. The molecule has 0 aliphatic heterocycles. The smallest absolute Gasteiger partial charge is 0.190 e. The van der Waals surface area contributed by atoms with Gasteiger partial charge in [0, 0.05) is 32.5 Å². The number of anilines is 1. The van der Waals surface area contributed by atoms with E-state index in [-0.39, 0.29) is 5.84 Å². The minimum Gasteiger partial charge on any atom is -0.409 e. The molecule has 3 N–H and O–H groups in total. The molecule has 21 heavy (non-hydrogen) atoms. The number of aromatic nitrogens is 1. The normalized spacial score (nSPS) is 11.6. The molecule has 0 atom stereocenters. The average molecular weight is 296 g/mol. The molecule has 0 saturated carbocycles. The molecule has 1 rings (SSSR count).